The monoisotopic (exact) mass is 423 g/mol. The second-order valence-corrected chi connectivity index (χ2v) is 10.1. The van der Waals surface area contributed by atoms with Crippen LogP contribution in [-0.4, -0.2) is 30.0 Å². The SMILES string of the molecule is CC(C)(C)OC(=O)Nc1ccc2c(c1)Oc1cccc(B3OC(C)(C)C(C)(C)O3)c1C2. The number of benzene rings is 2. The van der Waals surface area contributed by atoms with Gasteiger partial charge in [-0.3, -0.25) is 5.32 Å². The van der Waals surface area contributed by atoms with Crippen LogP contribution in [0.25, 0.3) is 0 Å². The predicted molar refractivity (Wildman–Crippen MR) is 121 cm³/mol. The normalized spacial score (nSPS) is 18.6. The number of amides is 1. The van der Waals surface area contributed by atoms with Crippen molar-refractivity contribution in [1.29, 1.82) is 0 Å². The summed E-state index contributed by atoms with van der Waals surface area (Å²) in [7, 11) is -0.446. The third-order valence-corrected chi connectivity index (χ3v) is 5.98. The Balaban J connectivity index is 1.57. The lowest BCUT2D eigenvalue weighted by atomic mass is 9.74. The van der Waals surface area contributed by atoms with E-state index in [4.69, 9.17) is 18.8 Å². The summed E-state index contributed by atoms with van der Waals surface area (Å²) in [5, 5.41) is 2.77. The Labute approximate surface area is 184 Å². The van der Waals surface area contributed by atoms with Gasteiger partial charge in [0.05, 0.1) is 11.2 Å². The molecule has 0 bridgehead atoms. The fourth-order valence-electron chi connectivity index (χ4n) is 3.66. The van der Waals surface area contributed by atoms with Crippen molar-refractivity contribution in [3.05, 3.63) is 47.5 Å². The molecule has 6 nitrogen and oxygen atoms in total. The molecule has 1 N–H and O–H groups in total. The molecule has 1 fully saturated rings. The van der Waals surface area contributed by atoms with Gasteiger partial charge in [0.15, 0.2) is 0 Å². The Morgan fingerprint density at radius 1 is 1.03 bits per heavy atom. The van der Waals surface area contributed by atoms with E-state index >= 15 is 0 Å². The Hall–Kier alpha value is -2.51. The smallest absolute Gasteiger partial charge is 0.457 e. The van der Waals surface area contributed by atoms with Crippen molar-refractivity contribution in [3.63, 3.8) is 0 Å². The van der Waals surface area contributed by atoms with E-state index in [1.54, 1.807) is 0 Å². The molecule has 31 heavy (non-hydrogen) atoms. The Kier molecular flexibility index (Phi) is 5.10. The highest BCUT2D eigenvalue weighted by atomic mass is 16.7. The topological polar surface area (TPSA) is 66.0 Å². The zero-order chi connectivity index (χ0) is 22.6. The third kappa shape index (κ3) is 4.30. The summed E-state index contributed by atoms with van der Waals surface area (Å²) in [4.78, 5) is 12.1. The lowest BCUT2D eigenvalue weighted by Crippen LogP contribution is -2.41. The molecule has 7 heteroatoms. The number of ether oxygens (including phenoxy) is 2. The Morgan fingerprint density at radius 3 is 2.35 bits per heavy atom. The summed E-state index contributed by atoms with van der Waals surface area (Å²) in [6.45, 7) is 13.7. The second-order valence-electron chi connectivity index (χ2n) is 10.1. The van der Waals surface area contributed by atoms with Crippen LogP contribution >= 0.6 is 0 Å². The van der Waals surface area contributed by atoms with Crippen LogP contribution in [0.3, 0.4) is 0 Å². The quantitative estimate of drug-likeness (QED) is 0.586. The zero-order valence-electron chi connectivity index (χ0n) is 19.3. The van der Waals surface area contributed by atoms with Gasteiger partial charge in [0.25, 0.3) is 0 Å². The lowest BCUT2D eigenvalue weighted by molar-refractivity contribution is 0.00578. The van der Waals surface area contributed by atoms with E-state index in [9.17, 15) is 4.79 Å². The first-order chi connectivity index (χ1) is 14.3. The van der Waals surface area contributed by atoms with E-state index in [0.29, 0.717) is 17.9 Å². The molecule has 0 aromatic heterocycles. The zero-order valence-corrected chi connectivity index (χ0v) is 19.3. The van der Waals surface area contributed by atoms with E-state index in [-0.39, 0.29) is 0 Å². The van der Waals surface area contributed by atoms with Crippen molar-refractivity contribution in [3.8, 4) is 11.5 Å². The minimum absolute atomic E-state index is 0.407. The number of hydrogen-bond acceptors (Lipinski definition) is 5. The van der Waals surface area contributed by atoms with Crippen molar-refractivity contribution in [2.24, 2.45) is 0 Å². The number of hydrogen-bond donors (Lipinski definition) is 1. The van der Waals surface area contributed by atoms with E-state index in [1.165, 1.54) is 0 Å². The molecule has 2 aromatic rings. The minimum Gasteiger partial charge on any atom is -0.457 e. The van der Waals surface area contributed by atoms with Crippen molar-refractivity contribution >= 4 is 24.4 Å². The molecule has 2 aliphatic rings. The molecule has 0 unspecified atom stereocenters. The van der Waals surface area contributed by atoms with E-state index < -0.39 is 30.0 Å². The van der Waals surface area contributed by atoms with E-state index in [2.05, 4.69) is 5.32 Å². The fraction of sp³-hybridized carbons (Fsp3) is 0.458. The van der Waals surface area contributed by atoms with Crippen LogP contribution in [0.4, 0.5) is 10.5 Å². The number of nitrogens with one attached hydrogen (secondary N) is 1. The highest BCUT2D eigenvalue weighted by Crippen LogP contribution is 2.40. The van der Waals surface area contributed by atoms with Crippen LogP contribution in [0.15, 0.2) is 36.4 Å². The Bertz CT molecular complexity index is 1010. The first-order valence-electron chi connectivity index (χ1n) is 10.6. The molecule has 1 saturated heterocycles. The van der Waals surface area contributed by atoms with Gasteiger partial charge >= 0.3 is 13.2 Å². The molecular formula is C24H30BNO5. The summed E-state index contributed by atoms with van der Waals surface area (Å²) in [5.74, 6) is 1.49. The summed E-state index contributed by atoms with van der Waals surface area (Å²) < 4.78 is 24.1. The molecule has 0 saturated carbocycles. The van der Waals surface area contributed by atoms with Crippen LogP contribution < -0.4 is 15.5 Å². The molecule has 2 aliphatic heterocycles. The molecule has 0 aliphatic carbocycles. The van der Waals surface area contributed by atoms with Gasteiger partial charge in [-0.05, 0) is 77.2 Å². The fourth-order valence-corrected chi connectivity index (χ4v) is 3.66. The molecule has 0 spiro atoms. The molecule has 2 heterocycles. The van der Waals surface area contributed by atoms with Crippen molar-refractivity contribution in [2.45, 2.75) is 71.7 Å². The van der Waals surface area contributed by atoms with Crippen LogP contribution in [0.1, 0.15) is 59.6 Å². The van der Waals surface area contributed by atoms with Crippen molar-refractivity contribution in [2.75, 3.05) is 5.32 Å². The van der Waals surface area contributed by atoms with Crippen LogP contribution in [0.5, 0.6) is 11.5 Å². The maximum atomic E-state index is 12.1. The number of fused-ring (bicyclic) bond motifs is 2. The maximum Gasteiger partial charge on any atom is 0.495 e. The second kappa shape index (κ2) is 7.28. The van der Waals surface area contributed by atoms with Crippen LogP contribution in [0.2, 0.25) is 0 Å². The standard InChI is InChI=1S/C24H30BNO5/c1-22(2,3)29-21(27)26-16-12-11-15-13-17-18(9-8-10-19(17)28-20(15)14-16)25-30-23(4,5)24(6,7)31-25/h8-12,14H,13H2,1-7H3,(H,26,27). The highest BCUT2D eigenvalue weighted by molar-refractivity contribution is 6.62. The summed E-state index contributed by atoms with van der Waals surface area (Å²) >= 11 is 0. The van der Waals surface area contributed by atoms with Gasteiger partial charge in [-0.2, -0.15) is 0 Å². The van der Waals surface area contributed by atoms with Crippen molar-refractivity contribution < 1.29 is 23.6 Å². The van der Waals surface area contributed by atoms with Crippen LogP contribution in [0, 0.1) is 0 Å². The number of anilines is 1. The van der Waals surface area contributed by atoms with Gasteiger partial charge in [0, 0.05) is 18.2 Å². The average Bonchev–Trinajstić information content (AvgIpc) is 2.85. The summed E-state index contributed by atoms with van der Waals surface area (Å²) in [6.07, 6.45) is 0.198. The van der Waals surface area contributed by atoms with Gasteiger partial charge in [0.2, 0.25) is 0 Å². The largest absolute Gasteiger partial charge is 0.495 e. The van der Waals surface area contributed by atoms with Gasteiger partial charge in [0.1, 0.15) is 17.1 Å². The number of carbonyl (C=O) groups excluding carboxylic acids is 1. The van der Waals surface area contributed by atoms with E-state index in [0.717, 1.165) is 22.3 Å². The summed E-state index contributed by atoms with van der Waals surface area (Å²) in [5.41, 5.74) is 2.33. The van der Waals surface area contributed by atoms with Crippen molar-refractivity contribution in [1.82, 2.24) is 0 Å². The minimum atomic E-state index is -0.558. The summed E-state index contributed by atoms with van der Waals surface area (Å²) in [6, 6.07) is 11.6. The molecule has 2 aromatic carbocycles. The van der Waals surface area contributed by atoms with E-state index in [1.807, 2.05) is 84.9 Å². The molecule has 4 rings (SSSR count). The molecule has 164 valence electrons. The lowest BCUT2D eigenvalue weighted by Gasteiger charge is -2.32. The molecule has 0 atom stereocenters. The molecule has 1 amide bonds. The van der Waals surface area contributed by atoms with Gasteiger partial charge < -0.3 is 18.8 Å². The third-order valence-electron chi connectivity index (χ3n) is 5.98. The number of carbonyl (C=O) groups is 1. The predicted octanol–water partition coefficient (Wildman–Crippen LogP) is 5.03. The van der Waals surface area contributed by atoms with Gasteiger partial charge in [-0.15, -0.1) is 0 Å². The Morgan fingerprint density at radius 2 is 1.71 bits per heavy atom. The molecular weight excluding hydrogens is 393 g/mol. The van der Waals surface area contributed by atoms with Crippen LogP contribution in [-0.2, 0) is 20.5 Å². The highest BCUT2D eigenvalue weighted by Gasteiger charge is 2.52. The first kappa shape index (κ1) is 21.7. The molecule has 0 radical (unpaired) electrons. The van der Waals surface area contributed by atoms with Gasteiger partial charge in [-0.25, -0.2) is 4.79 Å². The number of rotatable bonds is 2. The van der Waals surface area contributed by atoms with Gasteiger partial charge in [-0.1, -0.05) is 18.2 Å². The average molecular weight is 423 g/mol. The maximum absolute atomic E-state index is 12.1. The first-order valence-corrected chi connectivity index (χ1v) is 10.6.